The van der Waals surface area contributed by atoms with E-state index in [4.69, 9.17) is 0 Å². The second-order valence-corrected chi connectivity index (χ2v) is 14.2. The van der Waals surface area contributed by atoms with Gasteiger partial charge in [0, 0.05) is 7.05 Å². The average molecular weight is 357 g/mol. The first kappa shape index (κ1) is 17.8. The summed E-state index contributed by atoms with van der Waals surface area (Å²) in [6.45, 7) is 8.74. The molecule has 0 radical (unpaired) electrons. The largest absolute Gasteiger partial charge is 0.374 e. The summed E-state index contributed by atoms with van der Waals surface area (Å²) in [5, 5.41) is 10.3. The van der Waals surface area contributed by atoms with Crippen molar-refractivity contribution in [1.82, 2.24) is 4.90 Å². The Morgan fingerprint density at radius 1 is 0.957 bits per heavy atom. The minimum atomic E-state index is -1.41. The summed E-state index contributed by atoms with van der Waals surface area (Å²) in [7, 11) is 0.0402. The first-order valence-electron chi connectivity index (χ1n) is 8.81. The SMILES string of the molecule is CC1CCC(C)P1C1C(=O)N(C)C(=O)C1(O)P1C(C)CCC1C. The Kier molecular flexibility index (Phi) is 4.67. The Bertz CT molecular complexity index is 508. The predicted octanol–water partition coefficient (Wildman–Crippen LogP) is 3.15. The van der Waals surface area contributed by atoms with Crippen LogP contribution in [0.3, 0.4) is 0 Å². The molecule has 0 saturated carbocycles. The van der Waals surface area contributed by atoms with E-state index < -0.39 is 26.8 Å². The van der Waals surface area contributed by atoms with Crippen molar-refractivity contribution in [3.63, 3.8) is 0 Å². The van der Waals surface area contributed by atoms with Crippen molar-refractivity contribution in [1.29, 1.82) is 0 Å². The number of amides is 2. The van der Waals surface area contributed by atoms with Gasteiger partial charge in [-0.05, 0) is 48.3 Å². The van der Waals surface area contributed by atoms with Gasteiger partial charge in [0.05, 0.1) is 0 Å². The Morgan fingerprint density at radius 3 is 1.87 bits per heavy atom. The maximum Gasteiger partial charge on any atom is 0.266 e. The summed E-state index contributed by atoms with van der Waals surface area (Å²) in [4.78, 5) is 27.2. The van der Waals surface area contributed by atoms with E-state index in [1.807, 2.05) is 0 Å². The van der Waals surface area contributed by atoms with Crippen molar-refractivity contribution in [3.05, 3.63) is 0 Å². The summed E-state index contributed by atoms with van der Waals surface area (Å²) >= 11 is 0. The van der Waals surface area contributed by atoms with E-state index in [-0.39, 0.29) is 11.8 Å². The van der Waals surface area contributed by atoms with Crippen LogP contribution < -0.4 is 0 Å². The standard InChI is InChI=1S/C17H29NO3P2/c1-10-6-7-11(2)22(10)14-15(19)18(5)16(20)17(14,21)23-12(3)8-9-13(23)4/h10-14,21H,6-9H2,1-5H3. The number of likely N-dealkylation sites (tertiary alicyclic amines) is 1. The summed E-state index contributed by atoms with van der Waals surface area (Å²) in [5.74, 6) is -0.425. The van der Waals surface area contributed by atoms with E-state index in [0.717, 1.165) is 25.7 Å². The molecule has 3 rings (SSSR count). The van der Waals surface area contributed by atoms with Gasteiger partial charge in [-0.15, -0.1) is 0 Å². The zero-order valence-corrected chi connectivity index (χ0v) is 16.6. The van der Waals surface area contributed by atoms with Crippen molar-refractivity contribution >= 4 is 27.7 Å². The summed E-state index contributed by atoms with van der Waals surface area (Å²) in [6, 6.07) is 0. The highest BCUT2D eigenvalue weighted by atomic mass is 31.1. The van der Waals surface area contributed by atoms with Crippen LogP contribution in [0.15, 0.2) is 0 Å². The number of imide groups is 1. The second-order valence-electron chi connectivity index (χ2n) is 7.74. The van der Waals surface area contributed by atoms with Gasteiger partial charge in [0.15, 0.2) is 5.34 Å². The topological polar surface area (TPSA) is 57.6 Å². The normalized spacial score (nSPS) is 51.0. The van der Waals surface area contributed by atoms with E-state index in [2.05, 4.69) is 27.7 Å². The van der Waals surface area contributed by atoms with Gasteiger partial charge in [-0.25, -0.2) is 0 Å². The molecular formula is C17H29NO3P2. The lowest BCUT2D eigenvalue weighted by molar-refractivity contribution is -0.140. The number of aliphatic hydroxyl groups is 1. The molecule has 23 heavy (non-hydrogen) atoms. The third kappa shape index (κ3) is 2.43. The lowest BCUT2D eigenvalue weighted by Crippen LogP contribution is -2.46. The fourth-order valence-corrected chi connectivity index (χ4v) is 13.4. The highest BCUT2D eigenvalue weighted by Gasteiger charge is 2.67. The number of nitrogens with zero attached hydrogens (tertiary/aromatic N) is 1. The molecule has 0 aromatic heterocycles. The molecule has 130 valence electrons. The van der Waals surface area contributed by atoms with Crippen LogP contribution in [0, 0.1) is 0 Å². The second kappa shape index (κ2) is 6.04. The van der Waals surface area contributed by atoms with Crippen LogP contribution in [0.2, 0.25) is 0 Å². The smallest absolute Gasteiger partial charge is 0.266 e. The Labute approximate surface area is 141 Å². The highest BCUT2D eigenvalue weighted by Crippen LogP contribution is 2.73. The van der Waals surface area contributed by atoms with E-state index in [1.165, 1.54) is 4.90 Å². The van der Waals surface area contributed by atoms with Crippen LogP contribution in [0.25, 0.3) is 0 Å². The Morgan fingerprint density at radius 2 is 1.39 bits per heavy atom. The molecule has 6 atom stereocenters. The van der Waals surface area contributed by atoms with E-state index in [0.29, 0.717) is 22.6 Å². The maximum absolute atomic E-state index is 13.0. The third-order valence-electron chi connectivity index (χ3n) is 6.23. The fourth-order valence-electron chi connectivity index (χ4n) is 5.00. The van der Waals surface area contributed by atoms with Crippen molar-refractivity contribution in [2.75, 3.05) is 7.05 Å². The minimum absolute atomic E-state index is 0.113. The number of carbonyl (C=O) groups is 2. The van der Waals surface area contributed by atoms with Gasteiger partial charge >= 0.3 is 0 Å². The number of hydrogen-bond acceptors (Lipinski definition) is 3. The molecule has 1 N–H and O–H groups in total. The van der Waals surface area contributed by atoms with E-state index in [1.54, 1.807) is 7.05 Å². The molecule has 0 aromatic rings. The van der Waals surface area contributed by atoms with E-state index >= 15 is 0 Å². The van der Waals surface area contributed by atoms with Crippen molar-refractivity contribution in [2.45, 2.75) is 87.0 Å². The summed E-state index contributed by atoms with van der Waals surface area (Å²) < 4.78 is 0. The van der Waals surface area contributed by atoms with Crippen molar-refractivity contribution in [3.8, 4) is 0 Å². The van der Waals surface area contributed by atoms with Gasteiger partial charge in [-0.3, -0.25) is 14.5 Å². The molecule has 0 spiro atoms. The number of rotatable bonds is 2. The third-order valence-corrected chi connectivity index (χ3v) is 13.8. The molecule has 3 fully saturated rings. The molecule has 2 amide bonds. The molecule has 3 heterocycles. The van der Waals surface area contributed by atoms with Crippen molar-refractivity contribution < 1.29 is 14.7 Å². The maximum atomic E-state index is 13.0. The molecule has 0 bridgehead atoms. The highest BCUT2D eigenvalue weighted by molar-refractivity contribution is 7.66. The fraction of sp³-hybridized carbons (Fsp3) is 0.882. The first-order valence-corrected chi connectivity index (χ1v) is 11.8. The lowest BCUT2D eigenvalue weighted by Gasteiger charge is -2.41. The average Bonchev–Trinajstić information content (AvgIpc) is 3.05. The monoisotopic (exact) mass is 357 g/mol. The lowest BCUT2D eigenvalue weighted by atomic mass is 10.2. The zero-order chi connectivity index (χ0) is 17.1. The molecule has 3 aliphatic rings. The van der Waals surface area contributed by atoms with Gasteiger partial charge in [0.25, 0.3) is 5.91 Å². The summed E-state index contributed by atoms with van der Waals surface area (Å²) in [5.41, 5.74) is 1.18. The summed E-state index contributed by atoms with van der Waals surface area (Å²) in [6.07, 6.45) is 4.37. The predicted molar refractivity (Wildman–Crippen MR) is 96.7 cm³/mol. The van der Waals surface area contributed by atoms with Crippen LogP contribution in [0.1, 0.15) is 53.4 Å². The first-order chi connectivity index (χ1) is 10.7. The van der Waals surface area contributed by atoms with Gasteiger partial charge < -0.3 is 5.11 Å². The van der Waals surface area contributed by atoms with Gasteiger partial charge in [0.1, 0.15) is 5.66 Å². The zero-order valence-electron chi connectivity index (χ0n) is 14.8. The molecule has 6 unspecified atom stereocenters. The molecule has 0 aromatic carbocycles. The molecule has 3 saturated heterocycles. The Balaban J connectivity index is 2.07. The molecule has 0 aliphatic carbocycles. The number of carbonyl (C=O) groups excluding carboxylic acids is 2. The van der Waals surface area contributed by atoms with E-state index in [9.17, 15) is 14.7 Å². The van der Waals surface area contributed by atoms with Crippen LogP contribution in [-0.2, 0) is 9.59 Å². The number of hydrogen-bond donors (Lipinski definition) is 1. The van der Waals surface area contributed by atoms with Gasteiger partial charge in [0.2, 0.25) is 5.91 Å². The van der Waals surface area contributed by atoms with Gasteiger partial charge in [-0.1, -0.05) is 43.5 Å². The number of likely N-dealkylation sites (N-methyl/N-ethyl adjacent to an activating group) is 1. The van der Waals surface area contributed by atoms with Crippen molar-refractivity contribution in [2.24, 2.45) is 0 Å². The van der Waals surface area contributed by atoms with Crippen LogP contribution >= 0.6 is 15.8 Å². The van der Waals surface area contributed by atoms with Crippen LogP contribution in [0.4, 0.5) is 0 Å². The Hall–Kier alpha value is -0.0400. The minimum Gasteiger partial charge on any atom is -0.374 e. The van der Waals surface area contributed by atoms with Crippen LogP contribution in [-0.4, -0.2) is 62.5 Å². The molecular weight excluding hydrogens is 328 g/mol. The molecule has 3 aliphatic heterocycles. The van der Waals surface area contributed by atoms with Gasteiger partial charge in [-0.2, -0.15) is 0 Å². The molecule has 4 nitrogen and oxygen atoms in total. The van der Waals surface area contributed by atoms with Crippen LogP contribution in [0.5, 0.6) is 0 Å². The quantitative estimate of drug-likeness (QED) is 0.610. The molecule has 6 heteroatoms.